The van der Waals surface area contributed by atoms with Gasteiger partial charge in [0, 0.05) is 29.9 Å². The summed E-state index contributed by atoms with van der Waals surface area (Å²) in [5.41, 5.74) is 2.75. The number of anilines is 2. The predicted octanol–water partition coefficient (Wildman–Crippen LogP) is -2.13. The molecule has 4 N–H and O–H groups in total. The van der Waals surface area contributed by atoms with E-state index in [-0.39, 0.29) is 18.3 Å². The van der Waals surface area contributed by atoms with Gasteiger partial charge in [0.25, 0.3) is 5.91 Å². The van der Waals surface area contributed by atoms with Gasteiger partial charge in [-0.25, -0.2) is 0 Å². The van der Waals surface area contributed by atoms with Crippen molar-refractivity contribution >= 4 is 29.1 Å². The largest absolute Gasteiger partial charge is 1.00 e. The van der Waals surface area contributed by atoms with Crippen molar-refractivity contribution < 1.29 is 36.4 Å². The average molecular weight is 475 g/mol. The molecule has 178 valence electrons. The van der Waals surface area contributed by atoms with Gasteiger partial charge in [0.05, 0.1) is 19.8 Å². The number of carbonyl (C=O) groups is 3. The van der Waals surface area contributed by atoms with Crippen LogP contribution in [0.3, 0.4) is 0 Å². The number of benzene rings is 2. The fourth-order valence-electron chi connectivity index (χ4n) is 3.57. The van der Waals surface area contributed by atoms with Crippen molar-refractivity contribution in [2.75, 3.05) is 50.0 Å². The smallest absolute Gasteiger partial charge is 0.313 e. The molecule has 0 spiro atoms. The summed E-state index contributed by atoms with van der Waals surface area (Å²) in [6.45, 7) is 6.94. The Labute approximate surface area is 200 Å². The van der Waals surface area contributed by atoms with Crippen LogP contribution in [0.2, 0.25) is 0 Å². The molecule has 0 atom stereocenters. The molecule has 1 aliphatic heterocycles. The predicted molar refractivity (Wildman–Crippen MR) is 123 cm³/mol. The van der Waals surface area contributed by atoms with E-state index in [1.165, 1.54) is 4.90 Å². The van der Waals surface area contributed by atoms with E-state index >= 15 is 0 Å². The molecule has 0 unspecified atom stereocenters. The molecule has 9 heteroatoms. The number of quaternary nitrogens is 1. The molecule has 2 aromatic carbocycles. The van der Waals surface area contributed by atoms with Gasteiger partial charge in [0.2, 0.25) is 0 Å². The van der Waals surface area contributed by atoms with Gasteiger partial charge in [-0.2, -0.15) is 0 Å². The Morgan fingerprint density at radius 2 is 1.64 bits per heavy atom. The Bertz CT molecular complexity index is 930. The lowest BCUT2D eigenvalue weighted by molar-refractivity contribution is -0.908. The van der Waals surface area contributed by atoms with Crippen LogP contribution in [0.1, 0.15) is 29.3 Å². The van der Waals surface area contributed by atoms with E-state index in [1.807, 2.05) is 31.2 Å². The zero-order valence-corrected chi connectivity index (χ0v) is 19.5. The first-order valence-corrected chi connectivity index (χ1v) is 11.1. The normalized spacial score (nSPS) is 13.5. The summed E-state index contributed by atoms with van der Waals surface area (Å²) in [4.78, 5) is 38.1. The van der Waals surface area contributed by atoms with Gasteiger partial charge in [0.15, 0.2) is 0 Å². The fourth-order valence-corrected chi connectivity index (χ4v) is 3.57. The number of hydrogen-bond acceptors (Lipinski definition) is 4. The maximum absolute atomic E-state index is 12.5. The van der Waals surface area contributed by atoms with E-state index in [2.05, 4.69) is 16.0 Å². The summed E-state index contributed by atoms with van der Waals surface area (Å²) < 4.78 is 5.32. The molecule has 1 heterocycles. The van der Waals surface area contributed by atoms with E-state index in [1.54, 1.807) is 24.3 Å². The van der Waals surface area contributed by atoms with E-state index in [9.17, 15) is 14.4 Å². The van der Waals surface area contributed by atoms with Gasteiger partial charge < -0.3 is 38.0 Å². The molecule has 8 nitrogen and oxygen atoms in total. The zero-order chi connectivity index (χ0) is 22.8. The Balaban J connectivity index is 0.00000385. The second-order valence-corrected chi connectivity index (χ2v) is 7.72. The minimum absolute atomic E-state index is 0. The second kappa shape index (κ2) is 13.6. The molecule has 0 aromatic heterocycles. The summed E-state index contributed by atoms with van der Waals surface area (Å²) in [5.74, 6) is -1.62. The summed E-state index contributed by atoms with van der Waals surface area (Å²) in [6, 6.07) is 14.1. The number of ether oxygens (including phenoxy) is 1. The molecule has 0 radical (unpaired) electrons. The highest BCUT2D eigenvalue weighted by Crippen LogP contribution is 2.17. The number of para-hydroxylation sites is 1. The quantitative estimate of drug-likeness (QED) is 0.259. The number of rotatable bonds is 8. The first-order valence-electron chi connectivity index (χ1n) is 11.1. The van der Waals surface area contributed by atoms with Crippen molar-refractivity contribution in [2.45, 2.75) is 19.8 Å². The molecule has 0 saturated carbocycles. The zero-order valence-electron chi connectivity index (χ0n) is 18.8. The SMILES string of the molecule is CCc1ccccc1NC(=O)c1ccc(NC(=O)C(=O)NCCC[NH+]2CCOCC2)cc1.[Cl-]. The van der Waals surface area contributed by atoms with Crippen LogP contribution in [-0.4, -0.2) is 57.1 Å². The van der Waals surface area contributed by atoms with Crippen molar-refractivity contribution in [1.29, 1.82) is 0 Å². The maximum atomic E-state index is 12.5. The van der Waals surface area contributed by atoms with Crippen LogP contribution in [-0.2, 0) is 20.7 Å². The van der Waals surface area contributed by atoms with E-state index < -0.39 is 11.8 Å². The van der Waals surface area contributed by atoms with Gasteiger partial charge in [-0.1, -0.05) is 25.1 Å². The lowest BCUT2D eigenvalue weighted by atomic mass is 10.1. The standard InChI is InChI=1S/C24H30N4O4.ClH/c1-2-18-6-3-4-7-21(18)27-22(29)19-8-10-20(11-9-19)26-24(31)23(30)25-12-5-13-28-14-16-32-17-15-28;/h3-4,6-11H,2,5,12-17H2,1H3,(H,25,30)(H,26,31)(H,27,29);1H. The van der Waals surface area contributed by atoms with Crippen molar-refractivity contribution in [3.8, 4) is 0 Å². The minimum atomic E-state index is -0.724. The van der Waals surface area contributed by atoms with E-state index in [0.717, 1.165) is 56.9 Å². The molecule has 0 bridgehead atoms. The van der Waals surface area contributed by atoms with Crippen LogP contribution in [0.4, 0.5) is 11.4 Å². The van der Waals surface area contributed by atoms with Crippen LogP contribution in [0.25, 0.3) is 0 Å². The summed E-state index contributed by atoms with van der Waals surface area (Å²) >= 11 is 0. The minimum Gasteiger partial charge on any atom is -1.00 e. The highest BCUT2D eigenvalue weighted by Gasteiger charge is 2.16. The van der Waals surface area contributed by atoms with E-state index in [4.69, 9.17) is 4.74 Å². The molecule has 3 rings (SSSR count). The van der Waals surface area contributed by atoms with Crippen molar-refractivity contribution in [2.24, 2.45) is 0 Å². The molecule has 3 amide bonds. The fraction of sp³-hybridized carbons (Fsp3) is 0.375. The molecule has 2 aromatic rings. The summed E-state index contributed by atoms with van der Waals surface area (Å²) in [7, 11) is 0. The number of nitrogens with one attached hydrogen (secondary N) is 4. The molecular weight excluding hydrogens is 444 g/mol. The topological polar surface area (TPSA) is 101 Å². The van der Waals surface area contributed by atoms with Gasteiger partial charge in [0.1, 0.15) is 13.1 Å². The average Bonchev–Trinajstić information content (AvgIpc) is 2.83. The van der Waals surface area contributed by atoms with Crippen LogP contribution >= 0.6 is 0 Å². The third-order valence-corrected chi connectivity index (χ3v) is 5.45. The van der Waals surface area contributed by atoms with Crippen molar-refractivity contribution in [1.82, 2.24) is 5.32 Å². The third kappa shape index (κ3) is 8.16. The van der Waals surface area contributed by atoms with Crippen LogP contribution in [0, 0.1) is 0 Å². The van der Waals surface area contributed by atoms with Crippen LogP contribution < -0.4 is 33.3 Å². The highest BCUT2D eigenvalue weighted by molar-refractivity contribution is 6.39. The van der Waals surface area contributed by atoms with Gasteiger partial charge in [-0.15, -0.1) is 0 Å². The monoisotopic (exact) mass is 474 g/mol. The molecule has 1 fully saturated rings. The number of hydrogen-bond donors (Lipinski definition) is 4. The molecule has 1 saturated heterocycles. The van der Waals surface area contributed by atoms with Gasteiger partial charge in [-0.3, -0.25) is 14.4 Å². The summed E-state index contributed by atoms with van der Waals surface area (Å²) in [6.07, 6.45) is 1.62. The van der Waals surface area contributed by atoms with Crippen LogP contribution in [0.15, 0.2) is 48.5 Å². The Morgan fingerprint density at radius 3 is 2.33 bits per heavy atom. The molecule has 0 aliphatic carbocycles. The number of halogens is 1. The Hall–Kier alpha value is -2.94. The number of carbonyl (C=O) groups excluding carboxylic acids is 3. The lowest BCUT2D eigenvalue weighted by Gasteiger charge is -2.23. The first-order chi connectivity index (χ1) is 15.6. The second-order valence-electron chi connectivity index (χ2n) is 7.72. The Morgan fingerprint density at radius 1 is 0.939 bits per heavy atom. The highest BCUT2D eigenvalue weighted by atomic mass is 35.5. The van der Waals surface area contributed by atoms with Gasteiger partial charge in [-0.05, 0) is 42.3 Å². The van der Waals surface area contributed by atoms with Crippen molar-refractivity contribution in [3.05, 3.63) is 59.7 Å². The van der Waals surface area contributed by atoms with E-state index in [0.29, 0.717) is 17.8 Å². The van der Waals surface area contributed by atoms with Gasteiger partial charge >= 0.3 is 11.8 Å². The molecule has 33 heavy (non-hydrogen) atoms. The number of morpholine rings is 1. The number of amides is 3. The molecule has 1 aliphatic rings. The Kier molecular flexibility index (Phi) is 10.8. The summed E-state index contributed by atoms with van der Waals surface area (Å²) in [5, 5.41) is 8.12. The lowest BCUT2D eigenvalue weighted by Crippen LogP contribution is -3.14. The third-order valence-electron chi connectivity index (χ3n) is 5.45. The maximum Gasteiger partial charge on any atom is 0.313 e. The van der Waals surface area contributed by atoms with Crippen molar-refractivity contribution in [3.63, 3.8) is 0 Å². The number of aryl methyl sites for hydroxylation is 1. The molecular formula is C24H31ClN4O4. The first kappa shape index (κ1) is 26.3. The van der Waals surface area contributed by atoms with Crippen LogP contribution in [0.5, 0.6) is 0 Å².